The number of nitro benzene ring substituents is 1. The number of non-ortho nitro benzene ring substituents is 1. The molecule has 2 aromatic rings. The van der Waals surface area contributed by atoms with Gasteiger partial charge in [-0.3, -0.25) is 15.2 Å². The van der Waals surface area contributed by atoms with Crippen LogP contribution in [0.3, 0.4) is 0 Å². The van der Waals surface area contributed by atoms with Crippen LogP contribution in [0, 0.1) is 21.4 Å². The highest BCUT2D eigenvalue weighted by Gasteiger charge is 2.10. The first-order chi connectivity index (χ1) is 9.20. The van der Waals surface area contributed by atoms with Gasteiger partial charge in [0.25, 0.3) is 5.69 Å². The highest BCUT2D eigenvalue weighted by atomic mass is 16.6. The zero-order valence-corrected chi connectivity index (χ0v) is 9.83. The first-order valence-electron chi connectivity index (χ1n) is 5.47. The number of aromatic nitrogens is 3. The minimum absolute atomic E-state index is 0.0997. The number of anilines is 1. The fourth-order valence-electron chi connectivity index (χ4n) is 1.56. The predicted molar refractivity (Wildman–Crippen MR) is 66.4 cm³/mol. The topological polar surface area (TPSA) is 121 Å². The molecule has 0 bridgehead atoms. The summed E-state index contributed by atoms with van der Waals surface area (Å²) in [7, 11) is 0. The summed E-state index contributed by atoms with van der Waals surface area (Å²) in [6.45, 7) is 0.543. The van der Waals surface area contributed by atoms with Crippen molar-refractivity contribution in [1.82, 2.24) is 15.2 Å². The van der Waals surface area contributed by atoms with E-state index in [0.717, 1.165) is 5.82 Å². The molecule has 96 valence electrons. The van der Waals surface area contributed by atoms with Gasteiger partial charge in [0.2, 0.25) is 0 Å². The molecule has 0 aliphatic carbocycles. The Balaban J connectivity index is 2.04. The monoisotopic (exact) mass is 258 g/mol. The number of rotatable bonds is 5. The maximum atomic E-state index is 10.6. The molecule has 0 radical (unpaired) electrons. The van der Waals surface area contributed by atoms with E-state index in [1.807, 2.05) is 6.07 Å². The van der Waals surface area contributed by atoms with E-state index in [4.69, 9.17) is 5.26 Å². The lowest BCUT2D eigenvalue weighted by Gasteiger charge is -2.06. The van der Waals surface area contributed by atoms with Crippen molar-refractivity contribution in [3.8, 4) is 6.07 Å². The maximum Gasteiger partial charge on any atom is 0.270 e. The number of aromatic amines is 1. The third-order valence-corrected chi connectivity index (χ3v) is 2.48. The average molecular weight is 258 g/mol. The van der Waals surface area contributed by atoms with Gasteiger partial charge in [-0.25, -0.2) is 4.98 Å². The van der Waals surface area contributed by atoms with Gasteiger partial charge in [-0.2, -0.15) is 10.4 Å². The van der Waals surface area contributed by atoms with Crippen molar-refractivity contribution in [1.29, 1.82) is 5.26 Å². The number of benzene rings is 1. The highest BCUT2D eigenvalue weighted by Crippen LogP contribution is 2.21. The van der Waals surface area contributed by atoms with Gasteiger partial charge in [0.15, 0.2) is 0 Å². The molecule has 0 aliphatic heterocycles. The fraction of sp³-hybridized carbons (Fsp3) is 0.182. The fourth-order valence-corrected chi connectivity index (χ4v) is 1.56. The standard InChI is InChI=1S/C11H10N6O2/c12-6-8-5-9(17(18)19)1-2-10(8)13-4-3-11-14-7-15-16-11/h1-2,5,7,13H,3-4H2,(H,14,15,16). The van der Waals surface area contributed by atoms with Gasteiger partial charge in [-0.1, -0.05) is 0 Å². The van der Waals surface area contributed by atoms with Crippen LogP contribution >= 0.6 is 0 Å². The largest absolute Gasteiger partial charge is 0.384 e. The smallest absolute Gasteiger partial charge is 0.270 e. The lowest BCUT2D eigenvalue weighted by molar-refractivity contribution is -0.384. The molecule has 1 aromatic heterocycles. The van der Waals surface area contributed by atoms with Gasteiger partial charge < -0.3 is 5.32 Å². The van der Waals surface area contributed by atoms with Crippen LogP contribution in [0.25, 0.3) is 0 Å². The van der Waals surface area contributed by atoms with E-state index in [0.29, 0.717) is 18.7 Å². The lowest BCUT2D eigenvalue weighted by Crippen LogP contribution is -2.07. The molecule has 0 unspecified atom stereocenters. The second-order valence-corrected chi connectivity index (χ2v) is 3.71. The van der Waals surface area contributed by atoms with E-state index in [2.05, 4.69) is 20.5 Å². The maximum absolute atomic E-state index is 10.6. The van der Waals surface area contributed by atoms with Gasteiger partial charge in [0.05, 0.1) is 16.2 Å². The molecule has 8 nitrogen and oxygen atoms in total. The first-order valence-corrected chi connectivity index (χ1v) is 5.47. The van der Waals surface area contributed by atoms with E-state index in [9.17, 15) is 10.1 Å². The van der Waals surface area contributed by atoms with Gasteiger partial charge in [-0.15, -0.1) is 0 Å². The molecular formula is C11H10N6O2. The van der Waals surface area contributed by atoms with Crippen LogP contribution in [0.15, 0.2) is 24.5 Å². The first kappa shape index (κ1) is 12.5. The molecule has 1 aromatic carbocycles. The Labute approximate surface area is 108 Å². The van der Waals surface area contributed by atoms with E-state index in [1.165, 1.54) is 24.5 Å². The van der Waals surface area contributed by atoms with Crippen LogP contribution in [0.1, 0.15) is 11.4 Å². The number of hydrogen-bond donors (Lipinski definition) is 2. The molecule has 2 rings (SSSR count). The van der Waals surface area contributed by atoms with Crippen LogP contribution < -0.4 is 5.32 Å². The summed E-state index contributed by atoms with van der Waals surface area (Å²) in [5.41, 5.74) is 0.705. The summed E-state index contributed by atoms with van der Waals surface area (Å²) < 4.78 is 0. The SMILES string of the molecule is N#Cc1cc([N+](=O)[O-])ccc1NCCc1ncn[nH]1. The molecule has 0 saturated carbocycles. The second kappa shape index (κ2) is 5.59. The van der Waals surface area contributed by atoms with Crippen LogP contribution in [0.4, 0.5) is 11.4 Å². The molecule has 19 heavy (non-hydrogen) atoms. The quantitative estimate of drug-likeness (QED) is 0.614. The Morgan fingerprint density at radius 2 is 2.37 bits per heavy atom. The number of nitro groups is 1. The van der Waals surface area contributed by atoms with Crippen molar-refractivity contribution in [2.24, 2.45) is 0 Å². The highest BCUT2D eigenvalue weighted by molar-refractivity contribution is 5.61. The van der Waals surface area contributed by atoms with Crippen molar-refractivity contribution >= 4 is 11.4 Å². The number of nitrogens with one attached hydrogen (secondary N) is 2. The average Bonchev–Trinajstić information content (AvgIpc) is 2.92. The van der Waals surface area contributed by atoms with Gasteiger partial charge in [-0.05, 0) is 6.07 Å². The zero-order valence-electron chi connectivity index (χ0n) is 9.83. The third-order valence-electron chi connectivity index (χ3n) is 2.48. The molecule has 0 spiro atoms. The Kier molecular flexibility index (Phi) is 3.68. The molecule has 1 heterocycles. The molecular weight excluding hydrogens is 248 g/mol. The molecule has 0 atom stereocenters. The minimum Gasteiger partial charge on any atom is -0.384 e. The van der Waals surface area contributed by atoms with Crippen LogP contribution in [-0.2, 0) is 6.42 Å². The summed E-state index contributed by atoms with van der Waals surface area (Å²) in [6, 6.07) is 6.06. The van der Waals surface area contributed by atoms with Crippen molar-refractivity contribution in [3.05, 3.63) is 46.0 Å². The van der Waals surface area contributed by atoms with Crippen molar-refractivity contribution in [2.75, 3.05) is 11.9 Å². The Morgan fingerprint density at radius 3 is 3.00 bits per heavy atom. The van der Waals surface area contributed by atoms with E-state index in [1.54, 1.807) is 0 Å². The van der Waals surface area contributed by atoms with Gasteiger partial charge in [0.1, 0.15) is 18.2 Å². The van der Waals surface area contributed by atoms with Gasteiger partial charge >= 0.3 is 0 Å². The predicted octanol–water partition coefficient (Wildman–Crippen LogP) is 1.24. The third kappa shape index (κ3) is 3.04. The van der Waals surface area contributed by atoms with Crippen LogP contribution in [-0.4, -0.2) is 26.6 Å². The molecule has 0 saturated heterocycles. The van der Waals surface area contributed by atoms with E-state index < -0.39 is 4.92 Å². The number of nitriles is 1. The second-order valence-electron chi connectivity index (χ2n) is 3.71. The summed E-state index contributed by atoms with van der Waals surface area (Å²) in [4.78, 5) is 14.0. The van der Waals surface area contributed by atoms with Crippen molar-refractivity contribution in [3.63, 3.8) is 0 Å². The lowest BCUT2D eigenvalue weighted by atomic mass is 10.1. The molecule has 8 heteroatoms. The van der Waals surface area contributed by atoms with Gasteiger partial charge in [0, 0.05) is 25.1 Å². The van der Waals surface area contributed by atoms with Crippen molar-refractivity contribution in [2.45, 2.75) is 6.42 Å². The van der Waals surface area contributed by atoms with Crippen molar-refractivity contribution < 1.29 is 4.92 Å². The number of H-pyrrole nitrogens is 1. The number of hydrogen-bond acceptors (Lipinski definition) is 6. The number of nitrogens with zero attached hydrogens (tertiary/aromatic N) is 4. The minimum atomic E-state index is -0.529. The summed E-state index contributed by atoms with van der Waals surface area (Å²) in [5.74, 6) is 0.730. The Bertz CT molecular complexity index is 617. The van der Waals surface area contributed by atoms with Crippen LogP contribution in [0.2, 0.25) is 0 Å². The summed E-state index contributed by atoms with van der Waals surface area (Å²) >= 11 is 0. The Morgan fingerprint density at radius 1 is 1.53 bits per heavy atom. The summed E-state index contributed by atoms with van der Waals surface area (Å²) in [5, 5.41) is 29.1. The zero-order chi connectivity index (χ0) is 13.7. The Hall–Kier alpha value is -2.95. The molecule has 0 amide bonds. The normalized spacial score (nSPS) is 9.84. The molecule has 0 aliphatic rings. The molecule has 0 fully saturated rings. The summed E-state index contributed by atoms with van der Waals surface area (Å²) in [6.07, 6.45) is 2.03. The van der Waals surface area contributed by atoms with Crippen LogP contribution in [0.5, 0.6) is 0 Å². The van der Waals surface area contributed by atoms with E-state index in [-0.39, 0.29) is 11.3 Å². The van der Waals surface area contributed by atoms with E-state index >= 15 is 0 Å². The molecule has 2 N–H and O–H groups in total.